The molecule has 0 saturated heterocycles. The number of nitrogens with zero attached hydrogens (tertiary/aromatic N) is 1. The standard InChI is InChI=1S/C23H24FNO4/c1-16-12-19(8-9-21(16)29-15-23(2,3)27)25-11-10-20(13-22(25)26)28-14-17-4-6-18(24)7-5-17/h4-13,27H,14-15H2,1-3H3. The number of ether oxygens (including phenoxy) is 2. The number of aryl methyl sites for hydroxylation is 1. The molecular formula is C23H24FNO4. The zero-order valence-corrected chi connectivity index (χ0v) is 16.7. The summed E-state index contributed by atoms with van der Waals surface area (Å²) >= 11 is 0. The van der Waals surface area contributed by atoms with Gasteiger partial charge < -0.3 is 14.6 Å². The lowest BCUT2D eigenvalue weighted by Crippen LogP contribution is -2.28. The fourth-order valence-electron chi connectivity index (χ4n) is 2.71. The van der Waals surface area contributed by atoms with Gasteiger partial charge in [0.05, 0.1) is 5.60 Å². The average Bonchev–Trinajstić information content (AvgIpc) is 2.66. The minimum absolute atomic E-state index is 0.174. The Labute approximate surface area is 169 Å². The van der Waals surface area contributed by atoms with Crippen LogP contribution in [0.1, 0.15) is 25.0 Å². The van der Waals surface area contributed by atoms with E-state index in [1.807, 2.05) is 13.0 Å². The molecule has 0 aliphatic heterocycles. The van der Waals surface area contributed by atoms with Crippen LogP contribution in [0.25, 0.3) is 5.69 Å². The summed E-state index contributed by atoms with van der Waals surface area (Å²) in [6.45, 7) is 5.66. The SMILES string of the molecule is Cc1cc(-n2ccc(OCc3ccc(F)cc3)cc2=O)ccc1OCC(C)(C)O. The smallest absolute Gasteiger partial charge is 0.258 e. The predicted octanol–water partition coefficient (Wildman–Crippen LogP) is 4.01. The lowest BCUT2D eigenvalue weighted by molar-refractivity contribution is 0.0282. The minimum atomic E-state index is -0.925. The Hall–Kier alpha value is -3.12. The van der Waals surface area contributed by atoms with Gasteiger partial charge in [0, 0.05) is 18.0 Å². The van der Waals surface area contributed by atoms with Crippen molar-refractivity contribution in [1.82, 2.24) is 4.57 Å². The molecule has 3 rings (SSSR count). The quantitative estimate of drug-likeness (QED) is 0.654. The number of rotatable bonds is 7. The maximum atomic E-state index is 13.0. The zero-order chi connectivity index (χ0) is 21.0. The lowest BCUT2D eigenvalue weighted by atomic mass is 10.1. The first-order valence-corrected chi connectivity index (χ1v) is 9.27. The molecule has 0 bridgehead atoms. The van der Waals surface area contributed by atoms with Gasteiger partial charge in [-0.1, -0.05) is 12.1 Å². The van der Waals surface area contributed by atoms with Crippen molar-refractivity contribution < 1.29 is 19.0 Å². The molecule has 1 heterocycles. The number of benzene rings is 2. The highest BCUT2D eigenvalue weighted by Crippen LogP contribution is 2.22. The second-order valence-electron chi connectivity index (χ2n) is 7.54. The van der Waals surface area contributed by atoms with E-state index in [1.54, 1.807) is 50.4 Å². The van der Waals surface area contributed by atoms with E-state index < -0.39 is 5.60 Å². The number of aromatic nitrogens is 1. The van der Waals surface area contributed by atoms with E-state index in [9.17, 15) is 14.3 Å². The summed E-state index contributed by atoms with van der Waals surface area (Å²) in [6.07, 6.45) is 1.65. The van der Waals surface area contributed by atoms with Crippen molar-refractivity contribution in [2.75, 3.05) is 6.61 Å². The van der Waals surface area contributed by atoms with E-state index in [4.69, 9.17) is 9.47 Å². The van der Waals surface area contributed by atoms with Crippen molar-refractivity contribution in [3.05, 3.63) is 88.1 Å². The first-order chi connectivity index (χ1) is 13.7. The van der Waals surface area contributed by atoms with Gasteiger partial charge in [-0.15, -0.1) is 0 Å². The van der Waals surface area contributed by atoms with E-state index in [0.29, 0.717) is 17.2 Å². The third kappa shape index (κ3) is 5.68. The molecule has 0 aliphatic rings. The number of hydrogen-bond donors (Lipinski definition) is 1. The van der Waals surface area contributed by atoms with Crippen molar-refractivity contribution in [3.8, 4) is 17.2 Å². The van der Waals surface area contributed by atoms with Crippen molar-refractivity contribution in [2.45, 2.75) is 33.0 Å². The number of halogens is 1. The number of aliphatic hydroxyl groups is 1. The van der Waals surface area contributed by atoms with Crippen molar-refractivity contribution >= 4 is 0 Å². The Balaban J connectivity index is 1.72. The Kier molecular flexibility index (Phi) is 6.03. The van der Waals surface area contributed by atoms with Crippen LogP contribution in [0, 0.1) is 12.7 Å². The molecule has 0 spiro atoms. The molecule has 1 N–H and O–H groups in total. The highest BCUT2D eigenvalue weighted by atomic mass is 19.1. The van der Waals surface area contributed by atoms with Crippen LogP contribution in [-0.4, -0.2) is 21.9 Å². The molecule has 5 nitrogen and oxygen atoms in total. The van der Waals surface area contributed by atoms with Gasteiger partial charge in [0.1, 0.15) is 30.5 Å². The maximum Gasteiger partial charge on any atom is 0.258 e. The molecule has 2 aromatic carbocycles. The van der Waals surface area contributed by atoms with E-state index in [1.165, 1.54) is 22.8 Å². The summed E-state index contributed by atoms with van der Waals surface area (Å²) in [5, 5.41) is 9.79. The monoisotopic (exact) mass is 397 g/mol. The third-order valence-corrected chi connectivity index (χ3v) is 4.23. The summed E-state index contributed by atoms with van der Waals surface area (Å²) in [7, 11) is 0. The summed E-state index contributed by atoms with van der Waals surface area (Å²) in [6, 6.07) is 14.6. The van der Waals surface area contributed by atoms with Crippen LogP contribution in [0.3, 0.4) is 0 Å². The van der Waals surface area contributed by atoms with Crippen LogP contribution < -0.4 is 15.0 Å². The van der Waals surface area contributed by atoms with Gasteiger partial charge in [-0.05, 0) is 68.3 Å². The second-order valence-corrected chi connectivity index (χ2v) is 7.54. The highest BCUT2D eigenvalue weighted by Gasteiger charge is 2.14. The van der Waals surface area contributed by atoms with Gasteiger partial charge in [0.15, 0.2) is 0 Å². The Morgan fingerprint density at radius 1 is 1.03 bits per heavy atom. The Morgan fingerprint density at radius 3 is 2.38 bits per heavy atom. The van der Waals surface area contributed by atoms with Gasteiger partial charge in [0.2, 0.25) is 0 Å². The zero-order valence-electron chi connectivity index (χ0n) is 16.7. The Bertz CT molecular complexity index is 1040. The van der Waals surface area contributed by atoms with Gasteiger partial charge in [-0.3, -0.25) is 9.36 Å². The van der Waals surface area contributed by atoms with Crippen LogP contribution in [0.15, 0.2) is 65.6 Å². The van der Waals surface area contributed by atoms with Crippen molar-refractivity contribution in [3.63, 3.8) is 0 Å². The number of pyridine rings is 1. The molecule has 3 aromatic rings. The molecular weight excluding hydrogens is 373 g/mol. The maximum absolute atomic E-state index is 13.0. The van der Waals surface area contributed by atoms with Gasteiger partial charge in [0.25, 0.3) is 5.56 Å². The summed E-state index contributed by atoms with van der Waals surface area (Å²) in [4.78, 5) is 12.5. The van der Waals surface area contributed by atoms with E-state index in [2.05, 4.69) is 0 Å². The first-order valence-electron chi connectivity index (χ1n) is 9.27. The van der Waals surface area contributed by atoms with Crippen LogP contribution in [-0.2, 0) is 6.61 Å². The van der Waals surface area contributed by atoms with E-state index in [0.717, 1.165) is 11.1 Å². The lowest BCUT2D eigenvalue weighted by Gasteiger charge is -2.19. The predicted molar refractivity (Wildman–Crippen MR) is 109 cm³/mol. The molecule has 0 aliphatic carbocycles. The van der Waals surface area contributed by atoms with Crippen molar-refractivity contribution in [2.24, 2.45) is 0 Å². The normalized spacial score (nSPS) is 11.3. The molecule has 0 unspecified atom stereocenters. The molecule has 152 valence electrons. The molecule has 0 radical (unpaired) electrons. The van der Waals surface area contributed by atoms with Crippen molar-refractivity contribution in [1.29, 1.82) is 0 Å². The topological polar surface area (TPSA) is 60.7 Å². The molecule has 1 aromatic heterocycles. The molecule has 29 heavy (non-hydrogen) atoms. The largest absolute Gasteiger partial charge is 0.490 e. The van der Waals surface area contributed by atoms with Crippen LogP contribution in [0.2, 0.25) is 0 Å². The third-order valence-electron chi connectivity index (χ3n) is 4.23. The average molecular weight is 397 g/mol. The molecule has 0 amide bonds. The molecule has 0 atom stereocenters. The summed E-state index contributed by atoms with van der Waals surface area (Å²) in [5.74, 6) is 0.795. The molecule has 6 heteroatoms. The summed E-state index contributed by atoms with van der Waals surface area (Å²) < 4.78 is 25.7. The second kappa shape index (κ2) is 8.49. The van der Waals surface area contributed by atoms with Crippen LogP contribution >= 0.6 is 0 Å². The first kappa shape index (κ1) is 20.6. The molecule has 0 saturated carbocycles. The number of hydrogen-bond acceptors (Lipinski definition) is 4. The van der Waals surface area contributed by atoms with Crippen LogP contribution in [0.5, 0.6) is 11.5 Å². The van der Waals surface area contributed by atoms with E-state index >= 15 is 0 Å². The Morgan fingerprint density at radius 2 is 1.76 bits per heavy atom. The van der Waals surface area contributed by atoms with Gasteiger partial charge in [-0.2, -0.15) is 0 Å². The minimum Gasteiger partial charge on any atom is -0.490 e. The van der Waals surface area contributed by atoms with Gasteiger partial charge in [-0.25, -0.2) is 4.39 Å². The molecule has 0 fully saturated rings. The van der Waals surface area contributed by atoms with Crippen LogP contribution in [0.4, 0.5) is 4.39 Å². The van der Waals surface area contributed by atoms with Gasteiger partial charge >= 0.3 is 0 Å². The van der Waals surface area contributed by atoms with E-state index in [-0.39, 0.29) is 24.6 Å². The highest BCUT2D eigenvalue weighted by molar-refractivity contribution is 5.44. The summed E-state index contributed by atoms with van der Waals surface area (Å²) in [5.41, 5.74) is 1.22. The fraction of sp³-hybridized carbons (Fsp3) is 0.261. The fourth-order valence-corrected chi connectivity index (χ4v) is 2.71.